The molecule has 2 aromatic heterocycles. The molecule has 0 radical (unpaired) electrons. The van der Waals surface area contributed by atoms with Crippen LogP contribution in [0.4, 0.5) is 0 Å². The zero-order valence-corrected chi connectivity index (χ0v) is 35.1. The summed E-state index contributed by atoms with van der Waals surface area (Å²) in [6.07, 6.45) is 0. The van der Waals surface area contributed by atoms with Crippen LogP contribution in [0.1, 0.15) is 0 Å². The van der Waals surface area contributed by atoms with Crippen LogP contribution in [0, 0.1) is 0 Å². The lowest BCUT2D eigenvalue weighted by atomic mass is 9.91. The number of benzene rings is 11. The number of aromatic nitrogens is 3. The molecule has 0 spiro atoms. The van der Waals surface area contributed by atoms with Crippen LogP contribution in [0.15, 0.2) is 229 Å². The average Bonchev–Trinajstić information content (AvgIpc) is 3.76. The van der Waals surface area contributed by atoms with Gasteiger partial charge in [0.05, 0.1) is 0 Å². The minimum atomic E-state index is 0.641. The molecule has 13 aromatic rings. The molecule has 11 aromatic carbocycles. The molecular formula is C61H37N3O. The van der Waals surface area contributed by atoms with Crippen molar-refractivity contribution in [3.8, 4) is 67.5 Å². The molecule has 0 saturated heterocycles. The van der Waals surface area contributed by atoms with Crippen LogP contribution < -0.4 is 0 Å². The highest BCUT2D eigenvalue weighted by atomic mass is 16.3. The van der Waals surface area contributed by atoms with Crippen LogP contribution in [0.5, 0.6) is 0 Å². The first-order valence-corrected chi connectivity index (χ1v) is 22.0. The van der Waals surface area contributed by atoms with Crippen LogP contribution >= 0.6 is 0 Å². The van der Waals surface area contributed by atoms with Gasteiger partial charge in [-0.3, -0.25) is 0 Å². The van der Waals surface area contributed by atoms with Gasteiger partial charge in [0.2, 0.25) is 0 Å². The molecule has 65 heavy (non-hydrogen) atoms. The van der Waals surface area contributed by atoms with Crippen molar-refractivity contribution in [2.75, 3.05) is 0 Å². The van der Waals surface area contributed by atoms with Crippen molar-refractivity contribution in [3.63, 3.8) is 0 Å². The molecule has 4 nitrogen and oxygen atoms in total. The van der Waals surface area contributed by atoms with Gasteiger partial charge >= 0.3 is 0 Å². The normalized spacial score (nSPS) is 11.7. The SMILES string of the molecule is c1ccc(-c2nc(-c3ccccc3)nc(-c3ccc4cc(-c5ccc6c(c5)oc5ccc(-c7cccc(-c8ccc9c%10ccccc%10c%10ccccc%10c9c8)c7)cc56)ccc4c3)n2)cc1. The Balaban J connectivity index is 0.816. The molecule has 0 aliphatic heterocycles. The summed E-state index contributed by atoms with van der Waals surface area (Å²) in [5.74, 6) is 1.94. The first kappa shape index (κ1) is 36.9. The first-order valence-electron chi connectivity index (χ1n) is 22.0. The smallest absolute Gasteiger partial charge is 0.164 e. The van der Waals surface area contributed by atoms with Gasteiger partial charge < -0.3 is 4.42 Å². The van der Waals surface area contributed by atoms with Gasteiger partial charge in [-0.25, -0.2) is 15.0 Å². The van der Waals surface area contributed by atoms with Crippen LogP contribution in [0.25, 0.3) is 133 Å². The largest absolute Gasteiger partial charge is 0.456 e. The molecule has 0 bridgehead atoms. The molecule has 4 heteroatoms. The van der Waals surface area contributed by atoms with Crippen molar-refractivity contribution in [3.05, 3.63) is 224 Å². The third-order valence-electron chi connectivity index (χ3n) is 12.9. The van der Waals surface area contributed by atoms with Gasteiger partial charge in [0, 0.05) is 27.5 Å². The van der Waals surface area contributed by atoms with E-state index in [0.717, 1.165) is 66.1 Å². The average molecular weight is 828 g/mol. The van der Waals surface area contributed by atoms with E-state index in [0.29, 0.717) is 17.5 Å². The van der Waals surface area contributed by atoms with E-state index in [1.165, 1.54) is 49.0 Å². The van der Waals surface area contributed by atoms with Gasteiger partial charge in [0.25, 0.3) is 0 Å². The van der Waals surface area contributed by atoms with Crippen LogP contribution in [0.3, 0.4) is 0 Å². The minimum absolute atomic E-state index is 0.641. The number of hydrogen-bond donors (Lipinski definition) is 0. The zero-order chi connectivity index (χ0) is 42.8. The van der Waals surface area contributed by atoms with Crippen molar-refractivity contribution in [1.82, 2.24) is 15.0 Å². The fraction of sp³-hybridized carbons (Fsp3) is 0. The lowest BCUT2D eigenvalue weighted by Crippen LogP contribution is -2.00. The van der Waals surface area contributed by atoms with E-state index in [1.54, 1.807) is 0 Å². The molecule has 2 heterocycles. The Hall–Kier alpha value is -8.73. The standard InChI is InChI=1S/C61H37N3O/c1-3-12-38(13-4-1)59-62-60(39-14-5-2-6-15-39)64-61(63-59)48-25-24-42-33-43(22-23-44(42)34-48)47-27-30-54-56-36-46(28-31-57(56)65-58(54)37-47)41-17-11-16-40(32-41)45-26-29-53-51-20-8-7-18-49(51)50-19-9-10-21-52(50)55(53)35-45/h1-37H. The Morgan fingerprint density at radius 2 is 0.615 bits per heavy atom. The Morgan fingerprint density at radius 3 is 1.23 bits per heavy atom. The predicted molar refractivity (Wildman–Crippen MR) is 270 cm³/mol. The van der Waals surface area contributed by atoms with Crippen LogP contribution in [0.2, 0.25) is 0 Å². The lowest BCUT2D eigenvalue weighted by molar-refractivity contribution is 0.669. The van der Waals surface area contributed by atoms with Gasteiger partial charge in [-0.15, -0.1) is 0 Å². The fourth-order valence-electron chi connectivity index (χ4n) is 9.60. The molecule has 0 amide bonds. The molecule has 0 aliphatic carbocycles. The summed E-state index contributed by atoms with van der Waals surface area (Å²) >= 11 is 0. The van der Waals surface area contributed by atoms with Gasteiger partial charge in [0.1, 0.15) is 11.2 Å². The molecule has 13 rings (SSSR count). The topological polar surface area (TPSA) is 51.8 Å². The summed E-state index contributed by atoms with van der Waals surface area (Å²) in [4.78, 5) is 14.8. The number of rotatable bonds is 6. The van der Waals surface area contributed by atoms with Crippen LogP contribution in [-0.2, 0) is 0 Å². The summed E-state index contributed by atoms with van der Waals surface area (Å²) in [5.41, 5.74) is 11.5. The van der Waals surface area contributed by atoms with E-state index in [1.807, 2.05) is 60.7 Å². The lowest BCUT2D eigenvalue weighted by Gasteiger charge is -2.12. The van der Waals surface area contributed by atoms with Gasteiger partial charge in [0.15, 0.2) is 17.5 Å². The fourth-order valence-corrected chi connectivity index (χ4v) is 9.60. The summed E-state index contributed by atoms with van der Waals surface area (Å²) in [6.45, 7) is 0. The van der Waals surface area contributed by atoms with Crippen LogP contribution in [-0.4, -0.2) is 15.0 Å². The molecule has 302 valence electrons. The summed E-state index contributed by atoms with van der Waals surface area (Å²) in [5, 5.41) is 12.1. The second kappa shape index (κ2) is 15.0. The number of furan rings is 1. The predicted octanol–water partition coefficient (Wildman–Crippen LogP) is 16.4. The molecule has 0 aliphatic rings. The number of hydrogen-bond acceptors (Lipinski definition) is 4. The summed E-state index contributed by atoms with van der Waals surface area (Å²) in [6, 6.07) is 79.6. The summed E-state index contributed by atoms with van der Waals surface area (Å²) in [7, 11) is 0. The molecule has 0 fully saturated rings. The van der Waals surface area contributed by atoms with E-state index in [-0.39, 0.29) is 0 Å². The second-order valence-corrected chi connectivity index (χ2v) is 16.8. The highest BCUT2D eigenvalue weighted by Crippen LogP contribution is 2.40. The monoisotopic (exact) mass is 827 g/mol. The number of nitrogens with zero attached hydrogens (tertiary/aromatic N) is 3. The maximum atomic E-state index is 6.52. The van der Waals surface area contributed by atoms with E-state index in [4.69, 9.17) is 19.4 Å². The minimum Gasteiger partial charge on any atom is -0.456 e. The van der Waals surface area contributed by atoms with E-state index >= 15 is 0 Å². The van der Waals surface area contributed by atoms with E-state index in [9.17, 15) is 0 Å². The van der Waals surface area contributed by atoms with E-state index < -0.39 is 0 Å². The third-order valence-corrected chi connectivity index (χ3v) is 12.9. The molecule has 0 N–H and O–H groups in total. The maximum absolute atomic E-state index is 6.52. The number of fused-ring (bicyclic) bond motifs is 10. The molecular weight excluding hydrogens is 791 g/mol. The Morgan fingerprint density at radius 1 is 0.215 bits per heavy atom. The van der Waals surface area contributed by atoms with Crippen molar-refractivity contribution >= 4 is 65.0 Å². The highest BCUT2D eigenvalue weighted by Gasteiger charge is 2.15. The van der Waals surface area contributed by atoms with Crippen molar-refractivity contribution < 1.29 is 4.42 Å². The molecule has 0 saturated carbocycles. The third kappa shape index (κ3) is 6.42. The Bertz CT molecular complexity index is 3910. The van der Waals surface area contributed by atoms with Crippen molar-refractivity contribution in [2.24, 2.45) is 0 Å². The summed E-state index contributed by atoms with van der Waals surface area (Å²) < 4.78 is 6.52. The van der Waals surface area contributed by atoms with Gasteiger partial charge in [-0.2, -0.15) is 0 Å². The molecule has 0 unspecified atom stereocenters. The zero-order valence-electron chi connectivity index (χ0n) is 35.1. The molecule has 0 atom stereocenters. The van der Waals surface area contributed by atoms with Gasteiger partial charge in [-0.05, 0) is 125 Å². The van der Waals surface area contributed by atoms with Gasteiger partial charge in [-0.1, -0.05) is 176 Å². The first-order chi connectivity index (χ1) is 32.2. The quantitative estimate of drug-likeness (QED) is 0.157. The highest BCUT2D eigenvalue weighted by molar-refractivity contribution is 6.25. The van der Waals surface area contributed by atoms with E-state index in [2.05, 4.69) is 164 Å². The second-order valence-electron chi connectivity index (χ2n) is 16.8. The van der Waals surface area contributed by atoms with Crippen molar-refractivity contribution in [1.29, 1.82) is 0 Å². The Kier molecular flexibility index (Phi) is 8.50. The maximum Gasteiger partial charge on any atom is 0.164 e. The Labute approximate surface area is 374 Å². The van der Waals surface area contributed by atoms with Crippen molar-refractivity contribution in [2.45, 2.75) is 0 Å².